The van der Waals surface area contributed by atoms with Gasteiger partial charge in [0, 0.05) is 32.4 Å². The van der Waals surface area contributed by atoms with E-state index in [2.05, 4.69) is 60.3 Å². The summed E-state index contributed by atoms with van der Waals surface area (Å²) in [6.45, 7) is 4.17. The van der Waals surface area contributed by atoms with Crippen LogP contribution in [-0.2, 0) is 0 Å². The fraction of sp³-hybridized carbons (Fsp3) is 0.615. The molecule has 4 nitrogen and oxygen atoms in total. The summed E-state index contributed by atoms with van der Waals surface area (Å²) in [5, 5.41) is 3.24. The molecular formula is C13H24N4. The van der Waals surface area contributed by atoms with Crippen LogP contribution in [0.15, 0.2) is 18.3 Å². The van der Waals surface area contributed by atoms with Crippen LogP contribution in [0.5, 0.6) is 0 Å². The van der Waals surface area contributed by atoms with Gasteiger partial charge >= 0.3 is 0 Å². The molecule has 0 aliphatic heterocycles. The summed E-state index contributed by atoms with van der Waals surface area (Å²) >= 11 is 0. The third-order valence-electron chi connectivity index (χ3n) is 2.98. The molecule has 0 aliphatic rings. The van der Waals surface area contributed by atoms with E-state index in [0.717, 1.165) is 18.9 Å². The highest BCUT2D eigenvalue weighted by molar-refractivity contribution is 5.40. The molecule has 0 bridgehead atoms. The predicted molar refractivity (Wildman–Crippen MR) is 73.5 cm³/mol. The Labute approximate surface area is 105 Å². The van der Waals surface area contributed by atoms with Crippen LogP contribution in [0.4, 0.5) is 5.82 Å². The van der Waals surface area contributed by atoms with E-state index < -0.39 is 0 Å². The van der Waals surface area contributed by atoms with Crippen molar-refractivity contribution in [1.29, 1.82) is 0 Å². The largest absolute Gasteiger partial charge is 0.358 e. The molecule has 0 aromatic carbocycles. The zero-order chi connectivity index (χ0) is 12.8. The lowest BCUT2D eigenvalue weighted by Crippen LogP contribution is -2.29. The molecule has 0 saturated carbocycles. The van der Waals surface area contributed by atoms with Gasteiger partial charge in [0.05, 0.1) is 0 Å². The monoisotopic (exact) mass is 236 g/mol. The second kappa shape index (κ2) is 6.57. The molecule has 17 heavy (non-hydrogen) atoms. The Morgan fingerprint density at radius 3 is 2.59 bits per heavy atom. The highest BCUT2D eigenvalue weighted by Crippen LogP contribution is 2.16. The molecule has 0 radical (unpaired) electrons. The molecule has 1 aromatic rings. The van der Waals surface area contributed by atoms with E-state index in [1.54, 1.807) is 0 Å². The van der Waals surface area contributed by atoms with Crippen molar-refractivity contribution >= 4 is 5.82 Å². The Balaban J connectivity index is 2.70. The van der Waals surface area contributed by atoms with Crippen LogP contribution in [0.3, 0.4) is 0 Å². The van der Waals surface area contributed by atoms with Crippen molar-refractivity contribution < 1.29 is 0 Å². The molecule has 0 aliphatic carbocycles. The quantitative estimate of drug-likeness (QED) is 0.808. The SMILES string of the molecule is CNC(C)c1ccnc(N(C)CCN(C)C)c1. The maximum Gasteiger partial charge on any atom is 0.128 e. The first-order valence-corrected chi connectivity index (χ1v) is 6.03. The van der Waals surface area contributed by atoms with Crippen molar-refractivity contribution in [2.45, 2.75) is 13.0 Å². The summed E-state index contributed by atoms with van der Waals surface area (Å²) in [7, 11) is 8.22. The van der Waals surface area contributed by atoms with Gasteiger partial charge in [-0.15, -0.1) is 0 Å². The van der Waals surface area contributed by atoms with Crippen LogP contribution in [0.1, 0.15) is 18.5 Å². The average molecular weight is 236 g/mol. The number of hydrogen-bond acceptors (Lipinski definition) is 4. The van der Waals surface area contributed by atoms with Crippen molar-refractivity contribution in [2.24, 2.45) is 0 Å². The van der Waals surface area contributed by atoms with Gasteiger partial charge in [-0.25, -0.2) is 4.98 Å². The van der Waals surface area contributed by atoms with E-state index >= 15 is 0 Å². The summed E-state index contributed by atoms with van der Waals surface area (Å²) in [6.07, 6.45) is 1.88. The van der Waals surface area contributed by atoms with E-state index in [0.29, 0.717) is 6.04 Å². The topological polar surface area (TPSA) is 31.4 Å². The zero-order valence-electron chi connectivity index (χ0n) is 11.6. The highest BCUT2D eigenvalue weighted by atomic mass is 15.2. The lowest BCUT2D eigenvalue weighted by Gasteiger charge is -2.21. The molecule has 1 N–H and O–H groups in total. The van der Waals surface area contributed by atoms with E-state index in [-0.39, 0.29) is 0 Å². The number of pyridine rings is 1. The number of anilines is 1. The normalized spacial score (nSPS) is 12.8. The fourth-order valence-corrected chi connectivity index (χ4v) is 1.54. The molecular weight excluding hydrogens is 212 g/mol. The number of aromatic nitrogens is 1. The molecule has 0 spiro atoms. The summed E-state index contributed by atoms with van der Waals surface area (Å²) in [5.41, 5.74) is 1.27. The van der Waals surface area contributed by atoms with Crippen LogP contribution < -0.4 is 10.2 Å². The van der Waals surface area contributed by atoms with Gasteiger partial charge in [-0.05, 0) is 45.8 Å². The molecule has 1 aromatic heterocycles. The minimum absolute atomic E-state index is 0.360. The highest BCUT2D eigenvalue weighted by Gasteiger charge is 2.07. The van der Waals surface area contributed by atoms with Gasteiger partial charge in [-0.3, -0.25) is 0 Å². The molecule has 1 rings (SSSR count). The Morgan fingerprint density at radius 1 is 1.29 bits per heavy atom. The van der Waals surface area contributed by atoms with Crippen LogP contribution in [0.2, 0.25) is 0 Å². The Morgan fingerprint density at radius 2 is 2.00 bits per heavy atom. The molecule has 1 atom stereocenters. The van der Waals surface area contributed by atoms with Crippen LogP contribution in [0, 0.1) is 0 Å². The number of hydrogen-bond donors (Lipinski definition) is 1. The third kappa shape index (κ3) is 4.32. The Bertz CT molecular complexity index is 338. The zero-order valence-corrected chi connectivity index (χ0v) is 11.6. The van der Waals surface area contributed by atoms with Gasteiger partial charge in [0.25, 0.3) is 0 Å². The average Bonchev–Trinajstić information content (AvgIpc) is 2.35. The third-order valence-corrected chi connectivity index (χ3v) is 2.98. The van der Waals surface area contributed by atoms with Crippen molar-refractivity contribution in [1.82, 2.24) is 15.2 Å². The van der Waals surface area contributed by atoms with Gasteiger partial charge in [-0.1, -0.05) is 0 Å². The number of rotatable bonds is 6. The van der Waals surface area contributed by atoms with Crippen molar-refractivity contribution in [3.63, 3.8) is 0 Å². The maximum atomic E-state index is 4.41. The molecule has 0 saturated heterocycles. The minimum atomic E-state index is 0.360. The predicted octanol–water partition coefficient (Wildman–Crippen LogP) is 1.36. The second-order valence-corrected chi connectivity index (χ2v) is 4.68. The van der Waals surface area contributed by atoms with Gasteiger partial charge in [0.1, 0.15) is 5.82 Å². The first-order valence-electron chi connectivity index (χ1n) is 6.03. The number of likely N-dealkylation sites (N-methyl/N-ethyl adjacent to an activating group) is 2. The number of nitrogens with zero attached hydrogens (tertiary/aromatic N) is 3. The van der Waals surface area contributed by atoms with Crippen LogP contribution in [-0.4, -0.2) is 51.2 Å². The van der Waals surface area contributed by atoms with E-state index in [4.69, 9.17) is 0 Å². The van der Waals surface area contributed by atoms with Crippen molar-refractivity contribution in [2.75, 3.05) is 46.2 Å². The summed E-state index contributed by atoms with van der Waals surface area (Å²) in [5.74, 6) is 1.03. The fourth-order valence-electron chi connectivity index (χ4n) is 1.54. The van der Waals surface area contributed by atoms with Gasteiger partial charge < -0.3 is 15.1 Å². The smallest absolute Gasteiger partial charge is 0.128 e. The second-order valence-electron chi connectivity index (χ2n) is 4.68. The first-order chi connectivity index (χ1) is 8.04. The van der Waals surface area contributed by atoms with E-state index in [1.165, 1.54) is 5.56 Å². The van der Waals surface area contributed by atoms with Crippen molar-refractivity contribution in [3.05, 3.63) is 23.9 Å². The Kier molecular flexibility index (Phi) is 5.38. The van der Waals surface area contributed by atoms with Gasteiger partial charge in [-0.2, -0.15) is 0 Å². The van der Waals surface area contributed by atoms with Gasteiger partial charge in [0.15, 0.2) is 0 Å². The lowest BCUT2D eigenvalue weighted by atomic mass is 10.1. The van der Waals surface area contributed by atoms with Gasteiger partial charge in [0.2, 0.25) is 0 Å². The summed E-state index contributed by atoms with van der Waals surface area (Å²) in [6, 6.07) is 4.57. The molecule has 96 valence electrons. The maximum absolute atomic E-state index is 4.41. The minimum Gasteiger partial charge on any atom is -0.358 e. The summed E-state index contributed by atoms with van der Waals surface area (Å²) < 4.78 is 0. The van der Waals surface area contributed by atoms with E-state index in [1.807, 2.05) is 13.2 Å². The lowest BCUT2D eigenvalue weighted by molar-refractivity contribution is 0.416. The Hall–Kier alpha value is -1.13. The molecule has 0 fully saturated rings. The summed E-state index contributed by atoms with van der Waals surface area (Å²) in [4.78, 5) is 8.78. The molecule has 1 unspecified atom stereocenters. The first kappa shape index (κ1) is 13.9. The molecule has 4 heteroatoms. The van der Waals surface area contributed by atoms with Crippen LogP contribution >= 0.6 is 0 Å². The number of nitrogens with one attached hydrogen (secondary N) is 1. The van der Waals surface area contributed by atoms with E-state index in [9.17, 15) is 0 Å². The molecule has 0 amide bonds. The van der Waals surface area contributed by atoms with Crippen LogP contribution in [0.25, 0.3) is 0 Å². The molecule has 1 heterocycles. The standard InChI is InChI=1S/C13H24N4/c1-11(14-2)12-6-7-15-13(10-12)17(5)9-8-16(3)4/h6-7,10-11,14H,8-9H2,1-5H3. The van der Waals surface area contributed by atoms with Crippen molar-refractivity contribution in [3.8, 4) is 0 Å².